The van der Waals surface area contributed by atoms with E-state index in [1.54, 1.807) is 0 Å². The molecular formula is C11H22N4. The quantitative estimate of drug-likeness (QED) is 0.312. The highest BCUT2D eigenvalue weighted by Crippen LogP contribution is 2.25. The fourth-order valence-electron chi connectivity index (χ4n) is 2.38. The minimum atomic E-state index is 0.499. The normalized spacial score (nSPS) is 24.0. The molecule has 2 saturated carbocycles. The Morgan fingerprint density at radius 1 is 1.20 bits per heavy atom. The van der Waals surface area contributed by atoms with Crippen molar-refractivity contribution >= 4 is 5.96 Å². The van der Waals surface area contributed by atoms with Crippen LogP contribution in [0.15, 0.2) is 4.99 Å². The van der Waals surface area contributed by atoms with Crippen LogP contribution in [0.25, 0.3) is 0 Å². The Balaban J connectivity index is 1.94. The van der Waals surface area contributed by atoms with E-state index in [2.05, 4.69) is 17.4 Å². The van der Waals surface area contributed by atoms with Crippen molar-refractivity contribution in [1.82, 2.24) is 10.3 Å². The molecule has 4 heteroatoms. The van der Waals surface area contributed by atoms with Gasteiger partial charge in [0, 0.05) is 13.1 Å². The van der Waals surface area contributed by atoms with Crippen LogP contribution in [-0.4, -0.2) is 30.0 Å². The average molecular weight is 210 g/mol. The summed E-state index contributed by atoms with van der Waals surface area (Å²) in [6, 6.07) is 1.15. The molecule has 2 rings (SSSR count). The molecule has 0 atom stereocenters. The predicted octanol–water partition coefficient (Wildman–Crippen LogP) is 1.23. The van der Waals surface area contributed by atoms with E-state index >= 15 is 0 Å². The van der Waals surface area contributed by atoms with E-state index in [9.17, 15) is 0 Å². The molecule has 0 bridgehead atoms. The monoisotopic (exact) mass is 210 g/mol. The summed E-state index contributed by atoms with van der Waals surface area (Å²) in [6.45, 7) is 0. The maximum atomic E-state index is 5.55. The van der Waals surface area contributed by atoms with Crippen LogP contribution < -0.4 is 11.3 Å². The number of guanidine groups is 1. The molecule has 0 spiro atoms. The van der Waals surface area contributed by atoms with E-state index in [4.69, 9.17) is 10.8 Å². The third-order valence-electron chi connectivity index (χ3n) is 3.72. The second kappa shape index (κ2) is 4.84. The zero-order chi connectivity index (χ0) is 10.7. The first-order chi connectivity index (χ1) is 7.31. The van der Waals surface area contributed by atoms with Gasteiger partial charge in [-0.15, -0.1) is 0 Å². The molecule has 0 amide bonds. The Bertz CT molecular complexity index is 229. The van der Waals surface area contributed by atoms with E-state index in [-0.39, 0.29) is 0 Å². The van der Waals surface area contributed by atoms with Gasteiger partial charge in [0.05, 0.1) is 6.04 Å². The lowest BCUT2D eigenvalue weighted by Crippen LogP contribution is -2.50. The molecule has 0 unspecified atom stereocenters. The number of hydrogen-bond donors (Lipinski definition) is 2. The number of hydrogen-bond acceptors (Lipinski definition) is 2. The smallest absolute Gasteiger partial charge is 0.208 e. The van der Waals surface area contributed by atoms with Crippen LogP contribution >= 0.6 is 0 Å². The molecule has 0 aliphatic heterocycles. The summed E-state index contributed by atoms with van der Waals surface area (Å²) >= 11 is 0. The topological polar surface area (TPSA) is 53.6 Å². The number of nitrogens with one attached hydrogen (secondary N) is 1. The van der Waals surface area contributed by atoms with Gasteiger partial charge in [0.15, 0.2) is 0 Å². The Morgan fingerprint density at radius 3 is 2.33 bits per heavy atom. The average Bonchev–Trinajstić information content (AvgIpc) is 2.63. The molecule has 3 N–H and O–H groups in total. The summed E-state index contributed by atoms with van der Waals surface area (Å²) in [4.78, 5) is 6.91. The number of nitrogens with zero attached hydrogens (tertiary/aromatic N) is 2. The predicted molar refractivity (Wildman–Crippen MR) is 62.4 cm³/mol. The number of hydrazine groups is 1. The highest BCUT2D eigenvalue weighted by molar-refractivity contribution is 5.79. The molecule has 0 saturated heterocycles. The van der Waals surface area contributed by atoms with Crippen LogP contribution in [0.3, 0.4) is 0 Å². The first-order valence-electron chi connectivity index (χ1n) is 6.08. The summed E-state index contributed by atoms with van der Waals surface area (Å²) in [7, 11) is 2.09. The zero-order valence-corrected chi connectivity index (χ0v) is 9.58. The molecule has 0 aromatic carbocycles. The summed E-state index contributed by atoms with van der Waals surface area (Å²) in [5, 5.41) is 0. The van der Waals surface area contributed by atoms with Gasteiger partial charge >= 0.3 is 0 Å². The summed E-state index contributed by atoms with van der Waals surface area (Å²) < 4.78 is 0. The number of nitrogens with two attached hydrogens (primary N) is 1. The van der Waals surface area contributed by atoms with Gasteiger partial charge in [-0.2, -0.15) is 0 Å². The van der Waals surface area contributed by atoms with E-state index < -0.39 is 0 Å². The molecule has 0 aromatic rings. The Hall–Kier alpha value is -0.770. The van der Waals surface area contributed by atoms with Crippen molar-refractivity contribution in [3.8, 4) is 0 Å². The number of aliphatic imine (C=N–C) groups is 1. The molecule has 86 valence electrons. The fraction of sp³-hybridized carbons (Fsp3) is 0.909. The number of rotatable bonds is 2. The van der Waals surface area contributed by atoms with E-state index in [0.29, 0.717) is 12.1 Å². The summed E-state index contributed by atoms with van der Waals surface area (Å²) in [5.74, 6) is 6.43. The van der Waals surface area contributed by atoms with Crippen LogP contribution in [0.4, 0.5) is 0 Å². The van der Waals surface area contributed by atoms with Crippen molar-refractivity contribution in [1.29, 1.82) is 0 Å². The van der Waals surface area contributed by atoms with Crippen molar-refractivity contribution in [2.75, 3.05) is 7.05 Å². The third kappa shape index (κ3) is 2.43. The van der Waals surface area contributed by atoms with Gasteiger partial charge in [-0.3, -0.25) is 5.43 Å². The Labute approximate surface area is 91.9 Å². The van der Waals surface area contributed by atoms with Gasteiger partial charge in [0.1, 0.15) is 0 Å². The van der Waals surface area contributed by atoms with E-state index in [1.807, 2.05) is 0 Å². The van der Waals surface area contributed by atoms with Gasteiger partial charge in [-0.05, 0) is 32.1 Å². The van der Waals surface area contributed by atoms with Crippen molar-refractivity contribution < 1.29 is 0 Å². The second-order valence-electron chi connectivity index (χ2n) is 4.73. The van der Waals surface area contributed by atoms with Crippen molar-refractivity contribution in [3.63, 3.8) is 0 Å². The molecule has 2 aliphatic carbocycles. The molecule has 0 radical (unpaired) electrons. The Kier molecular flexibility index (Phi) is 3.46. The van der Waals surface area contributed by atoms with Gasteiger partial charge in [0.2, 0.25) is 5.96 Å². The molecule has 15 heavy (non-hydrogen) atoms. The van der Waals surface area contributed by atoms with Crippen molar-refractivity contribution in [3.05, 3.63) is 0 Å². The molecule has 4 nitrogen and oxygen atoms in total. The largest absolute Gasteiger partial charge is 0.342 e. The molecule has 0 aromatic heterocycles. The molecule has 2 aliphatic rings. The van der Waals surface area contributed by atoms with Crippen molar-refractivity contribution in [2.45, 2.75) is 57.0 Å². The van der Waals surface area contributed by atoms with Gasteiger partial charge in [-0.1, -0.05) is 12.8 Å². The maximum absolute atomic E-state index is 5.55. The minimum absolute atomic E-state index is 0.499. The van der Waals surface area contributed by atoms with Crippen LogP contribution in [0.5, 0.6) is 0 Å². The van der Waals surface area contributed by atoms with Crippen molar-refractivity contribution in [2.24, 2.45) is 10.8 Å². The minimum Gasteiger partial charge on any atom is -0.342 e. The summed E-state index contributed by atoms with van der Waals surface area (Å²) in [6.07, 6.45) is 8.99. The Morgan fingerprint density at radius 2 is 1.87 bits per heavy atom. The maximum Gasteiger partial charge on any atom is 0.208 e. The van der Waals surface area contributed by atoms with Gasteiger partial charge in [0.25, 0.3) is 0 Å². The van der Waals surface area contributed by atoms with Gasteiger partial charge in [-0.25, -0.2) is 10.8 Å². The molecular weight excluding hydrogens is 188 g/mol. The second-order valence-corrected chi connectivity index (χ2v) is 4.73. The molecule has 2 fully saturated rings. The lowest BCUT2D eigenvalue weighted by Gasteiger charge is -2.36. The van der Waals surface area contributed by atoms with Crippen LogP contribution in [-0.2, 0) is 0 Å². The fourth-order valence-corrected chi connectivity index (χ4v) is 2.38. The zero-order valence-electron chi connectivity index (χ0n) is 9.58. The standard InChI is InChI=1S/C11H22N4/c1-15(10-7-4-8-10)11(14-12)13-9-5-2-3-6-9/h9-10H,2-8,12H2,1H3,(H,13,14). The van der Waals surface area contributed by atoms with Crippen LogP contribution in [0.2, 0.25) is 0 Å². The first-order valence-corrected chi connectivity index (χ1v) is 6.08. The van der Waals surface area contributed by atoms with Crippen LogP contribution in [0, 0.1) is 0 Å². The van der Waals surface area contributed by atoms with E-state index in [1.165, 1.54) is 44.9 Å². The highest BCUT2D eigenvalue weighted by atomic mass is 15.4. The highest BCUT2D eigenvalue weighted by Gasteiger charge is 2.25. The van der Waals surface area contributed by atoms with Gasteiger partial charge < -0.3 is 4.90 Å². The first kappa shape index (κ1) is 10.7. The third-order valence-corrected chi connectivity index (χ3v) is 3.72. The van der Waals surface area contributed by atoms with E-state index in [0.717, 1.165) is 5.96 Å². The summed E-state index contributed by atoms with van der Waals surface area (Å²) in [5.41, 5.74) is 2.75. The molecule has 0 heterocycles. The SMILES string of the molecule is CN(C(=NC1CCCC1)NN)C1CCC1. The lowest BCUT2D eigenvalue weighted by molar-refractivity contribution is 0.234. The van der Waals surface area contributed by atoms with Crippen LogP contribution in [0.1, 0.15) is 44.9 Å². The lowest BCUT2D eigenvalue weighted by atomic mass is 9.92.